The van der Waals surface area contributed by atoms with E-state index >= 15 is 0 Å². The number of carboxylic acids is 1. The van der Waals surface area contributed by atoms with Crippen LogP contribution in [0, 0.1) is 12.8 Å². The van der Waals surface area contributed by atoms with E-state index in [9.17, 15) is 9.59 Å². The minimum atomic E-state index is -0.980. The van der Waals surface area contributed by atoms with Crippen molar-refractivity contribution in [2.24, 2.45) is 5.92 Å². The molecule has 0 aliphatic rings. The Balaban J connectivity index is 2.65. The molecule has 0 aliphatic carbocycles. The molecule has 0 radical (unpaired) electrons. The highest BCUT2D eigenvalue weighted by molar-refractivity contribution is 5.85. The van der Waals surface area contributed by atoms with Crippen molar-refractivity contribution in [1.82, 2.24) is 5.32 Å². The Morgan fingerprint density at radius 3 is 2.58 bits per heavy atom. The van der Waals surface area contributed by atoms with E-state index in [-0.39, 0.29) is 18.2 Å². The molecular formula is C15H21NO3. The maximum Gasteiger partial charge on any atom is 0.326 e. The maximum absolute atomic E-state index is 11.9. The van der Waals surface area contributed by atoms with Crippen molar-refractivity contribution in [3.63, 3.8) is 0 Å². The second kappa shape index (κ2) is 6.92. The van der Waals surface area contributed by atoms with Crippen molar-refractivity contribution < 1.29 is 14.7 Å². The van der Waals surface area contributed by atoms with Gasteiger partial charge in [-0.25, -0.2) is 4.79 Å². The fourth-order valence-electron chi connectivity index (χ4n) is 1.92. The van der Waals surface area contributed by atoms with Gasteiger partial charge in [-0.05, 0) is 18.4 Å². The third kappa shape index (κ3) is 4.73. The van der Waals surface area contributed by atoms with Crippen LogP contribution in [0.1, 0.15) is 31.4 Å². The van der Waals surface area contributed by atoms with E-state index in [4.69, 9.17) is 5.11 Å². The van der Waals surface area contributed by atoms with Crippen LogP contribution in [-0.4, -0.2) is 23.0 Å². The molecule has 1 unspecified atom stereocenters. The van der Waals surface area contributed by atoms with Crippen LogP contribution in [0.15, 0.2) is 24.3 Å². The highest BCUT2D eigenvalue weighted by Gasteiger charge is 2.25. The summed E-state index contributed by atoms with van der Waals surface area (Å²) in [6, 6.07) is 6.83. The predicted molar refractivity (Wildman–Crippen MR) is 73.9 cm³/mol. The van der Waals surface area contributed by atoms with Gasteiger partial charge in [-0.1, -0.05) is 50.1 Å². The van der Waals surface area contributed by atoms with Crippen molar-refractivity contribution in [3.8, 4) is 0 Å². The van der Waals surface area contributed by atoms with E-state index in [1.165, 1.54) is 0 Å². The zero-order valence-corrected chi connectivity index (χ0v) is 11.6. The smallest absolute Gasteiger partial charge is 0.326 e. The van der Waals surface area contributed by atoms with Gasteiger partial charge >= 0.3 is 5.97 Å². The van der Waals surface area contributed by atoms with Gasteiger partial charge in [-0.2, -0.15) is 0 Å². The molecule has 4 heteroatoms. The van der Waals surface area contributed by atoms with E-state index < -0.39 is 12.0 Å². The van der Waals surface area contributed by atoms with Gasteiger partial charge in [-0.3, -0.25) is 4.79 Å². The minimum Gasteiger partial charge on any atom is -0.480 e. The van der Waals surface area contributed by atoms with E-state index in [0.717, 1.165) is 11.1 Å². The Morgan fingerprint density at radius 1 is 1.37 bits per heavy atom. The number of carbonyl (C=O) groups excluding carboxylic acids is 1. The first-order valence-corrected chi connectivity index (χ1v) is 6.51. The van der Waals surface area contributed by atoms with Gasteiger partial charge in [0.1, 0.15) is 6.04 Å². The maximum atomic E-state index is 11.9. The van der Waals surface area contributed by atoms with Crippen LogP contribution in [0.25, 0.3) is 0 Å². The molecule has 0 aliphatic heterocycles. The lowest BCUT2D eigenvalue weighted by molar-refractivity contribution is -0.143. The van der Waals surface area contributed by atoms with Gasteiger partial charge in [0.15, 0.2) is 0 Å². The summed E-state index contributed by atoms with van der Waals surface area (Å²) in [4.78, 5) is 23.0. The van der Waals surface area contributed by atoms with Crippen molar-refractivity contribution in [2.75, 3.05) is 0 Å². The number of aliphatic carboxylic acids is 1. The van der Waals surface area contributed by atoms with Crippen LogP contribution >= 0.6 is 0 Å². The molecule has 2 N–H and O–H groups in total. The van der Waals surface area contributed by atoms with Crippen LogP contribution in [0.5, 0.6) is 0 Å². The van der Waals surface area contributed by atoms with Crippen LogP contribution in [0.3, 0.4) is 0 Å². The van der Waals surface area contributed by atoms with Crippen LogP contribution in [0.4, 0.5) is 0 Å². The molecule has 2 atom stereocenters. The standard InChI is InChI=1S/C15H21NO3/c1-4-11(3)14(15(18)19)16-13(17)9-12-7-5-6-10(2)8-12/h5-8,11,14H,4,9H2,1-3H3,(H,16,17)(H,18,19)/t11?,14-/m0/s1. The second-order valence-corrected chi connectivity index (χ2v) is 4.93. The Bertz CT molecular complexity index is 456. The van der Waals surface area contributed by atoms with Gasteiger partial charge in [0.25, 0.3) is 0 Å². The molecule has 1 amide bonds. The highest BCUT2D eigenvalue weighted by atomic mass is 16.4. The van der Waals surface area contributed by atoms with Crippen molar-refractivity contribution in [3.05, 3.63) is 35.4 Å². The summed E-state index contributed by atoms with van der Waals surface area (Å²) in [7, 11) is 0. The second-order valence-electron chi connectivity index (χ2n) is 4.93. The predicted octanol–water partition coefficient (Wildman–Crippen LogP) is 2.15. The van der Waals surface area contributed by atoms with Crippen LogP contribution < -0.4 is 5.32 Å². The molecule has 0 spiro atoms. The summed E-state index contributed by atoms with van der Waals surface area (Å²) in [5.74, 6) is -1.32. The SMILES string of the molecule is CCC(C)[C@H](NC(=O)Cc1cccc(C)c1)C(=O)O. The average molecular weight is 263 g/mol. The zero-order chi connectivity index (χ0) is 14.4. The Kier molecular flexibility index (Phi) is 5.55. The number of hydrogen-bond acceptors (Lipinski definition) is 2. The third-order valence-corrected chi connectivity index (χ3v) is 3.24. The minimum absolute atomic E-state index is 0.0843. The molecule has 1 aromatic rings. The molecule has 0 aromatic heterocycles. The van der Waals surface area contributed by atoms with Gasteiger partial charge in [-0.15, -0.1) is 0 Å². The van der Waals surface area contributed by atoms with Gasteiger partial charge in [0.05, 0.1) is 6.42 Å². The number of carboxylic acid groups (broad SMARTS) is 1. The quantitative estimate of drug-likeness (QED) is 0.826. The van der Waals surface area contributed by atoms with Crippen molar-refractivity contribution >= 4 is 11.9 Å². The van der Waals surface area contributed by atoms with Crippen molar-refractivity contribution in [1.29, 1.82) is 0 Å². The van der Waals surface area contributed by atoms with Crippen LogP contribution in [-0.2, 0) is 16.0 Å². The van der Waals surface area contributed by atoms with E-state index in [0.29, 0.717) is 6.42 Å². The third-order valence-electron chi connectivity index (χ3n) is 3.24. The molecule has 0 fully saturated rings. The first-order valence-electron chi connectivity index (χ1n) is 6.51. The summed E-state index contributed by atoms with van der Waals surface area (Å²) >= 11 is 0. The molecule has 4 nitrogen and oxygen atoms in total. The molecular weight excluding hydrogens is 242 g/mol. The van der Waals surface area contributed by atoms with Crippen molar-refractivity contribution in [2.45, 2.75) is 39.7 Å². The molecule has 0 heterocycles. The lowest BCUT2D eigenvalue weighted by Crippen LogP contribution is -2.45. The number of carbonyl (C=O) groups is 2. The number of amides is 1. The molecule has 104 valence electrons. The summed E-state index contributed by atoms with van der Waals surface area (Å²) in [5.41, 5.74) is 1.98. The van der Waals surface area contributed by atoms with Gasteiger partial charge < -0.3 is 10.4 Å². The van der Waals surface area contributed by atoms with E-state index in [2.05, 4.69) is 5.32 Å². The Morgan fingerprint density at radius 2 is 2.05 bits per heavy atom. The summed E-state index contributed by atoms with van der Waals surface area (Å²) in [6.07, 6.45) is 0.920. The number of rotatable bonds is 6. The molecule has 19 heavy (non-hydrogen) atoms. The summed E-state index contributed by atoms with van der Waals surface area (Å²) in [6.45, 7) is 5.69. The largest absolute Gasteiger partial charge is 0.480 e. The average Bonchev–Trinajstić information content (AvgIpc) is 2.34. The first kappa shape index (κ1) is 15.2. The number of aryl methyl sites for hydroxylation is 1. The molecule has 0 bridgehead atoms. The zero-order valence-electron chi connectivity index (χ0n) is 11.6. The molecule has 0 saturated carbocycles. The first-order chi connectivity index (χ1) is 8.93. The monoisotopic (exact) mass is 263 g/mol. The highest BCUT2D eigenvalue weighted by Crippen LogP contribution is 2.09. The van der Waals surface area contributed by atoms with Gasteiger partial charge in [0.2, 0.25) is 5.91 Å². The molecule has 1 rings (SSSR count). The Hall–Kier alpha value is -1.84. The van der Waals surface area contributed by atoms with Crippen LogP contribution in [0.2, 0.25) is 0 Å². The summed E-state index contributed by atoms with van der Waals surface area (Å²) in [5, 5.41) is 11.7. The number of nitrogens with one attached hydrogen (secondary N) is 1. The Labute approximate surface area is 113 Å². The lowest BCUT2D eigenvalue weighted by Gasteiger charge is -2.20. The number of benzene rings is 1. The topological polar surface area (TPSA) is 66.4 Å². The molecule has 1 aromatic carbocycles. The molecule has 0 saturated heterocycles. The van der Waals surface area contributed by atoms with E-state index in [1.54, 1.807) is 0 Å². The summed E-state index contributed by atoms with van der Waals surface area (Å²) < 4.78 is 0. The van der Waals surface area contributed by atoms with Gasteiger partial charge in [0, 0.05) is 0 Å². The fourth-order valence-corrected chi connectivity index (χ4v) is 1.92. The normalized spacial score (nSPS) is 13.6. The number of hydrogen-bond donors (Lipinski definition) is 2. The fraction of sp³-hybridized carbons (Fsp3) is 0.467. The van der Waals surface area contributed by atoms with E-state index in [1.807, 2.05) is 45.0 Å². The lowest BCUT2D eigenvalue weighted by atomic mass is 9.99.